The molecule has 0 aliphatic heterocycles. The maximum absolute atomic E-state index is 2.47. The van der Waals surface area contributed by atoms with Gasteiger partial charge in [0, 0.05) is 25.6 Å². The van der Waals surface area contributed by atoms with Crippen molar-refractivity contribution in [2.75, 3.05) is 0 Å². The van der Waals surface area contributed by atoms with Crippen molar-refractivity contribution < 1.29 is 0 Å². The highest BCUT2D eigenvalue weighted by Gasteiger charge is 2.37. The van der Waals surface area contributed by atoms with Crippen LogP contribution in [0.1, 0.15) is 25.0 Å². The van der Waals surface area contributed by atoms with E-state index in [2.05, 4.69) is 208 Å². The van der Waals surface area contributed by atoms with Gasteiger partial charge in [0.2, 0.25) is 0 Å². The normalized spacial score (nSPS) is 13.3. The Kier molecular flexibility index (Phi) is 7.04. The molecule has 0 radical (unpaired) electrons. The fourth-order valence-corrected chi connectivity index (χ4v) is 12.3. The van der Waals surface area contributed by atoms with Crippen LogP contribution in [0.25, 0.3) is 119 Å². The molecule has 0 fully saturated rings. The topological polar surface area (TPSA) is 0 Å². The fraction of sp³-hybridized carbons (Fsp3) is 0.0508. The van der Waals surface area contributed by atoms with Crippen LogP contribution in [0, 0.1) is 0 Å². The van der Waals surface area contributed by atoms with Gasteiger partial charge >= 0.3 is 0 Å². The number of fused-ring (bicyclic) bond motifs is 13. The van der Waals surface area contributed by atoms with E-state index in [4.69, 9.17) is 0 Å². The summed E-state index contributed by atoms with van der Waals surface area (Å²) in [4.78, 5) is 0. The van der Waals surface area contributed by atoms with E-state index in [1.54, 1.807) is 0 Å². The fourth-order valence-electron chi connectivity index (χ4n) is 10.8. The first-order valence-corrected chi connectivity index (χ1v) is 21.8. The lowest BCUT2D eigenvalue weighted by molar-refractivity contribution is 0.667. The highest BCUT2D eigenvalue weighted by molar-refractivity contribution is 7.26. The summed E-state index contributed by atoms with van der Waals surface area (Å²) in [6, 6.07) is 72.9. The predicted octanol–water partition coefficient (Wildman–Crippen LogP) is 17.1. The molecule has 1 heterocycles. The zero-order chi connectivity index (χ0) is 39.7. The Hall–Kier alpha value is -7.06. The summed E-state index contributed by atoms with van der Waals surface area (Å²) in [5, 5.41) is 15.5. The molecule has 11 aromatic carbocycles. The van der Waals surface area contributed by atoms with Gasteiger partial charge in [-0.05, 0) is 134 Å². The average molecular weight is 779 g/mol. The van der Waals surface area contributed by atoms with E-state index in [0.717, 1.165) is 0 Å². The van der Waals surface area contributed by atoms with Gasteiger partial charge < -0.3 is 0 Å². The molecule has 13 rings (SSSR count). The molecule has 0 saturated heterocycles. The first kappa shape index (κ1) is 33.9. The van der Waals surface area contributed by atoms with E-state index >= 15 is 0 Å². The second kappa shape index (κ2) is 12.5. The smallest absolute Gasteiger partial charge is 0.0402 e. The van der Waals surface area contributed by atoms with Crippen LogP contribution in [0.15, 0.2) is 194 Å². The zero-order valence-corrected chi connectivity index (χ0v) is 34.2. The Morgan fingerprint density at radius 2 is 0.850 bits per heavy atom. The largest absolute Gasteiger partial charge is 0.135 e. The van der Waals surface area contributed by atoms with Crippen molar-refractivity contribution in [2.24, 2.45) is 0 Å². The Balaban J connectivity index is 0.971. The summed E-state index contributed by atoms with van der Waals surface area (Å²) >= 11 is 1.97. The van der Waals surface area contributed by atoms with Gasteiger partial charge in [-0.2, -0.15) is 0 Å². The lowest BCUT2D eigenvalue weighted by atomic mass is 9.82. The van der Waals surface area contributed by atoms with Crippen LogP contribution in [0.4, 0.5) is 0 Å². The highest BCUT2D eigenvalue weighted by Crippen LogP contribution is 2.55. The number of hydrogen-bond acceptors (Lipinski definition) is 1. The van der Waals surface area contributed by atoms with Gasteiger partial charge in [0.25, 0.3) is 0 Å². The minimum absolute atomic E-state index is 0.0556. The van der Waals surface area contributed by atoms with Crippen LogP contribution < -0.4 is 0 Å². The second-order valence-corrected chi connectivity index (χ2v) is 18.2. The monoisotopic (exact) mass is 778 g/mol. The molecule has 0 saturated carbocycles. The van der Waals surface area contributed by atoms with Crippen LogP contribution in [-0.2, 0) is 5.41 Å². The molecule has 0 bridgehead atoms. The van der Waals surface area contributed by atoms with Crippen LogP contribution in [0.3, 0.4) is 0 Å². The van der Waals surface area contributed by atoms with E-state index in [-0.39, 0.29) is 5.41 Å². The Labute approximate surface area is 352 Å². The molecular formula is C59H38S. The van der Waals surface area contributed by atoms with Crippen LogP contribution in [0.2, 0.25) is 0 Å². The van der Waals surface area contributed by atoms with Gasteiger partial charge in [-0.3, -0.25) is 0 Å². The minimum atomic E-state index is -0.0556. The van der Waals surface area contributed by atoms with E-state index in [0.29, 0.717) is 0 Å². The standard InChI is InChI=1S/C59H38S/c1-59(2)52-22-12-11-16-43(52)49-29-30-50-56-44-17-6-5-15-42(44)51(34-53(56)60-58(50)57(49)59)39-26-24-38-33-41(28-25-37(38)31-39)55-47-20-9-7-18-45(47)54(46-19-8-10-21-48(46)55)40-27-23-35-13-3-4-14-36(35)32-40/h3-34H,1-2H3. The molecule has 0 N–H and O–H groups in total. The van der Waals surface area contributed by atoms with Crippen molar-refractivity contribution in [3.05, 3.63) is 205 Å². The van der Waals surface area contributed by atoms with Crippen LogP contribution in [-0.4, -0.2) is 0 Å². The summed E-state index contributed by atoms with van der Waals surface area (Å²) in [5.74, 6) is 0. The molecule has 1 aliphatic rings. The van der Waals surface area contributed by atoms with Gasteiger partial charge in [-0.1, -0.05) is 184 Å². The molecular weight excluding hydrogens is 741 g/mol. The molecule has 0 unspecified atom stereocenters. The summed E-state index contributed by atoms with van der Waals surface area (Å²) in [7, 11) is 0. The molecule has 280 valence electrons. The van der Waals surface area contributed by atoms with Crippen LogP contribution >= 0.6 is 11.3 Å². The number of thiophene rings is 1. The maximum Gasteiger partial charge on any atom is 0.0402 e. The lowest BCUT2D eigenvalue weighted by Crippen LogP contribution is -2.14. The van der Waals surface area contributed by atoms with Gasteiger partial charge in [0.1, 0.15) is 0 Å². The van der Waals surface area contributed by atoms with Gasteiger partial charge in [0.05, 0.1) is 0 Å². The van der Waals surface area contributed by atoms with Crippen molar-refractivity contribution in [3.63, 3.8) is 0 Å². The van der Waals surface area contributed by atoms with Crippen molar-refractivity contribution in [1.29, 1.82) is 0 Å². The SMILES string of the molecule is CC1(C)c2ccccc2-c2ccc3c(sc4cc(-c5ccc6cc(-c7c8ccccc8c(-c8ccc9ccccc9c8)c8ccccc78)ccc6c5)c5ccccc5c43)c21. The third kappa shape index (κ3) is 4.73. The maximum atomic E-state index is 2.47. The molecule has 0 amide bonds. The number of rotatable bonds is 3. The van der Waals surface area contributed by atoms with Crippen molar-refractivity contribution in [2.45, 2.75) is 19.3 Å². The molecule has 0 nitrogen and oxygen atoms in total. The first-order valence-electron chi connectivity index (χ1n) is 21.0. The molecule has 1 heteroatoms. The van der Waals surface area contributed by atoms with E-state index in [9.17, 15) is 0 Å². The third-order valence-corrected chi connectivity index (χ3v) is 14.7. The quantitative estimate of drug-likeness (QED) is 0.157. The molecule has 12 aromatic rings. The van der Waals surface area contributed by atoms with Gasteiger partial charge in [-0.15, -0.1) is 11.3 Å². The minimum Gasteiger partial charge on any atom is -0.135 e. The van der Waals surface area contributed by atoms with Gasteiger partial charge in [0.15, 0.2) is 0 Å². The molecule has 1 aromatic heterocycles. The van der Waals surface area contributed by atoms with Crippen molar-refractivity contribution in [3.8, 4) is 44.5 Å². The summed E-state index contributed by atoms with van der Waals surface area (Å²) < 4.78 is 2.77. The number of benzene rings is 11. The molecule has 60 heavy (non-hydrogen) atoms. The Morgan fingerprint density at radius 3 is 1.52 bits per heavy atom. The van der Waals surface area contributed by atoms with Crippen molar-refractivity contribution >= 4 is 85.4 Å². The Bertz CT molecular complexity index is 3750. The molecule has 1 aliphatic carbocycles. The molecule has 0 spiro atoms. The lowest BCUT2D eigenvalue weighted by Gasteiger charge is -2.22. The third-order valence-electron chi connectivity index (χ3n) is 13.6. The Morgan fingerprint density at radius 1 is 0.350 bits per heavy atom. The highest BCUT2D eigenvalue weighted by atomic mass is 32.1. The number of hydrogen-bond donors (Lipinski definition) is 0. The molecule has 0 atom stereocenters. The summed E-state index contributed by atoms with van der Waals surface area (Å²) in [5.41, 5.74) is 13.2. The van der Waals surface area contributed by atoms with E-state index in [1.165, 1.54) is 130 Å². The van der Waals surface area contributed by atoms with Crippen molar-refractivity contribution in [1.82, 2.24) is 0 Å². The van der Waals surface area contributed by atoms with E-state index < -0.39 is 0 Å². The summed E-state index contributed by atoms with van der Waals surface area (Å²) in [6.45, 7) is 4.80. The van der Waals surface area contributed by atoms with Gasteiger partial charge in [-0.25, -0.2) is 0 Å². The predicted molar refractivity (Wildman–Crippen MR) is 261 cm³/mol. The summed E-state index contributed by atoms with van der Waals surface area (Å²) in [6.07, 6.45) is 0. The van der Waals surface area contributed by atoms with E-state index in [1.807, 2.05) is 11.3 Å². The second-order valence-electron chi connectivity index (χ2n) is 17.2. The van der Waals surface area contributed by atoms with Crippen LogP contribution in [0.5, 0.6) is 0 Å². The zero-order valence-electron chi connectivity index (χ0n) is 33.4. The first-order chi connectivity index (χ1) is 29.5. The average Bonchev–Trinajstić information content (AvgIpc) is 3.79.